The number of nitrogens with zero attached hydrogens (tertiary/aromatic N) is 3. The zero-order chi connectivity index (χ0) is 45.9. The Bertz CT molecular complexity index is 3000. The molecule has 0 amide bonds. The normalized spacial score (nSPS) is 12.7. The van der Waals surface area contributed by atoms with E-state index in [2.05, 4.69) is 150 Å². The number of hydrogen-bond acceptors (Lipinski definition) is 3. The summed E-state index contributed by atoms with van der Waals surface area (Å²) in [5.74, 6) is -0.326. The van der Waals surface area contributed by atoms with Crippen LogP contribution in [0.25, 0.3) is 72.7 Å². The van der Waals surface area contributed by atoms with Crippen molar-refractivity contribution in [3.8, 4) is 67.5 Å². The Morgan fingerprint density at radius 1 is 0.603 bits per heavy atom. The van der Waals surface area contributed by atoms with E-state index in [4.69, 9.17) is 12.7 Å². The van der Waals surface area contributed by atoms with Crippen LogP contribution in [0.5, 0.6) is 5.75 Å². The molecule has 8 rings (SSSR count). The monoisotopic (exact) mass is 1010 g/mol. The second-order valence-electron chi connectivity index (χ2n) is 18.8. The first kappa shape index (κ1) is 42.7. The first-order valence-corrected chi connectivity index (χ1v) is 21.9. The molecule has 0 aliphatic carbocycles. The van der Waals surface area contributed by atoms with Crippen molar-refractivity contribution >= 4 is 11.0 Å². The molecule has 6 aromatic carbocycles. The minimum absolute atomic E-state index is 0. The second-order valence-corrected chi connectivity index (χ2v) is 18.8. The van der Waals surface area contributed by atoms with Crippen molar-refractivity contribution < 1.29 is 28.9 Å². The number of hydrogen-bond donors (Lipinski definition) is 1. The molecule has 0 saturated carbocycles. The zero-order valence-electron chi connectivity index (χ0n) is 40.5. The number of benzene rings is 6. The Morgan fingerprint density at radius 3 is 1.92 bits per heavy atom. The van der Waals surface area contributed by atoms with Crippen molar-refractivity contribution in [1.29, 1.82) is 0 Å². The third-order valence-corrected chi connectivity index (χ3v) is 12.1. The largest absolute Gasteiger partial charge is 0.507 e. The van der Waals surface area contributed by atoms with E-state index < -0.39 is 11.8 Å². The van der Waals surface area contributed by atoms with Crippen molar-refractivity contribution in [1.82, 2.24) is 14.5 Å². The SMILES string of the molecule is [2H]C(C)(C)c1ccc(-c2ccnc(-c3[c-]c(-c4cccc5c4nc(-c4cc(C(C)C)cc(C(C)C)c4O)n5-c4ccc(C([2H])(C)C)cc4-c4ccccc4)cc(C(C)(C)C)c3)c2)cc1.[Pt]. The molecule has 0 bridgehead atoms. The molecule has 0 unspecified atom stereocenters. The van der Waals surface area contributed by atoms with Crippen molar-refractivity contribution in [3.05, 3.63) is 167 Å². The maximum atomic E-state index is 12.3. The standard InChI is InChI=1S/C58H60N3O.Pt/c1-35(2)39-20-22-40(23-21-39)43-26-27-59-52(34-43)46-28-45(29-47(30-46)58(9,10)11)48-18-15-19-54-55(48)60-57(51-33-44(37(5)6)32-49(38(7)8)56(51)62)61(54)53-25-24-42(36(3)4)31-50(53)41-16-13-12-14-17-41;/h12-27,29-38,62H,1-11H3;/q-1;/i35D,36D;. The van der Waals surface area contributed by atoms with Gasteiger partial charge in [0.15, 0.2) is 0 Å². The van der Waals surface area contributed by atoms with Crippen molar-refractivity contribution in [3.63, 3.8) is 0 Å². The number of fused-ring (bicyclic) bond motifs is 1. The number of pyridine rings is 1. The summed E-state index contributed by atoms with van der Waals surface area (Å²) in [6.07, 6.45) is 1.86. The van der Waals surface area contributed by atoms with Gasteiger partial charge in [-0.25, -0.2) is 4.98 Å². The van der Waals surface area contributed by atoms with E-state index in [-0.39, 0.29) is 44.1 Å². The van der Waals surface area contributed by atoms with Crippen LogP contribution in [0.15, 0.2) is 134 Å². The summed E-state index contributed by atoms with van der Waals surface area (Å²) >= 11 is 0. The molecule has 324 valence electrons. The summed E-state index contributed by atoms with van der Waals surface area (Å²) in [7, 11) is 0. The number of aromatic hydroxyl groups is 1. The molecule has 63 heavy (non-hydrogen) atoms. The number of rotatable bonds is 10. The molecule has 0 atom stereocenters. The summed E-state index contributed by atoms with van der Waals surface area (Å²) in [6, 6.07) is 47.9. The molecular weight excluding hydrogens is 950 g/mol. The molecule has 0 spiro atoms. The molecular formula is C58H60N3OPt-. The summed E-state index contributed by atoms with van der Waals surface area (Å²) in [4.78, 5) is 10.5. The molecule has 0 fully saturated rings. The quantitative estimate of drug-likeness (QED) is 0.139. The van der Waals surface area contributed by atoms with Gasteiger partial charge in [0.25, 0.3) is 0 Å². The Balaban J connectivity index is 0.00000630. The van der Waals surface area contributed by atoms with Crippen LogP contribution in [0.1, 0.15) is 130 Å². The van der Waals surface area contributed by atoms with Gasteiger partial charge in [-0.15, -0.1) is 29.3 Å². The van der Waals surface area contributed by atoms with E-state index in [9.17, 15) is 5.11 Å². The number of aromatic nitrogens is 3. The summed E-state index contributed by atoms with van der Waals surface area (Å²) < 4.78 is 19.7. The van der Waals surface area contributed by atoms with E-state index in [0.29, 0.717) is 11.4 Å². The number of phenolic OH excluding ortho intramolecular Hbond substituents is 1. The molecule has 0 aliphatic rings. The van der Waals surface area contributed by atoms with E-state index in [1.165, 1.54) is 0 Å². The van der Waals surface area contributed by atoms with E-state index in [1.807, 2.05) is 70.3 Å². The first-order valence-electron chi connectivity index (χ1n) is 22.9. The van der Waals surface area contributed by atoms with Gasteiger partial charge in [0.2, 0.25) is 0 Å². The Labute approximate surface area is 392 Å². The molecule has 0 radical (unpaired) electrons. The van der Waals surface area contributed by atoms with Crippen LogP contribution in [0.2, 0.25) is 0 Å². The minimum atomic E-state index is -0.824. The average molecular weight is 1010 g/mol. The number of phenols is 1. The van der Waals surface area contributed by atoms with Crippen LogP contribution in [0.3, 0.4) is 0 Å². The maximum absolute atomic E-state index is 12.3. The zero-order valence-corrected chi connectivity index (χ0v) is 40.7. The van der Waals surface area contributed by atoms with Crippen molar-refractivity contribution in [2.45, 2.75) is 105 Å². The van der Waals surface area contributed by atoms with Crippen molar-refractivity contribution in [2.24, 2.45) is 0 Å². The molecule has 5 heteroatoms. The smallest absolute Gasteiger partial charge is 0.148 e. The predicted octanol–water partition coefficient (Wildman–Crippen LogP) is 16.0. The van der Waals surface area contributed by atoms with Crippen LogP contribution < -0.4 is 0 Å². The van der Waals surface area contributed by atoms with Crippen LogP contribution in [-0.2, 0) is 26.5 Å². The van der Waals surface area contributed by atoms with E-state index >= 15 is 0 Å². The fourth-order valence-electron chi connectivity index (χ4n) is 8.30. The van der Waals surface area contributed by atoms with Crippen LogP contribution >= 0.6 is 0 Å². The maximum Gasteiger partial charge on any atom is 0.148 e. The van der Waals surface area contributed by atoms with Gasteiger partial charge >= 0.3 is 0 Å². The van der Waals surface area contributed by atoms with Gasteiger partial charge < -0.3 is 5.11 Å². The number of imidazole rings is 1. The summed E-state index contributed by atoms with van der Waals surface area (Å²) in [5, 5.41) is 12.3. The average Bonchev–Trinajstić information content (AvgIpc) is 3.65. The van der Waals surface area contributed by atoms with Crippen LogP contribution in [0, 0.1) is 6.07 Å². The summed E-state index contributed by atoms with van der Waals surface area (Å²) in [6.45, 7) is 23.0. The minimum Gasteiger partial charge on any atom is -0.507 e. The van der Waals surface area contributed by atoms with Crippen molar-refractivity contribution in [2.75, 3.05) is 0 Å². The first-order chi connectivity index (χ1) is 30.2. The van der Waals surface area contributed by atoms with Gasteiger partial charge in [0, 0.05) is 41.3 Å². The number of para-hydroxylation sites is 1. The Hall–Kier alpha value is -5.57. The van der Waals surface area contributed by atoms with Crippen LogP contribution in [0.4, 0.5) is 0 Å². The molecule has 2 aromatic heterocycles. The Kier molecular flexibility index (Phi) is 12.4. The molecule has 0 aliphatic heterocycles. The van der Waals surface area contributed by atoms with E-state index in [1.54, 1.807) is 0 Å². The molecule has 2 heterocycles. The van der Waals surface area contributed by atoms with Crippen LogP contribution in [-0.4, -0.2) is 19.6 Å². The third-order valence-electron chi connectivity index (χ3n) is 12.1. The third kappa shape index (κ3) is 9.11. The Morgan fingerprint density at radius 2 is 1.27 bits per heavy atom. The fourth-order valence-corrected chi connectivity index (χ4v) is 8.30. The summed E-state index contributed by atoms with van der Waals surface area (Å²) in [5.41, 5.74) is 15.7. The molecule has 4 nitrogen and oxygen atoms in total. The molecule has 8 aromatic rings. The van der Waals surface area contributed by atoms with Gasteiger partial charge in [-0.05, 0) is 98.3 Å². The van der Waals surface area contributed by atoms with Gasteiger partial charge in [0.05, 0.1) is 22.3 Å². The van der Waals surface area contributed by atoms with Gasteiger partial charge in [-0.1, -0.05) is 172 Å². The van der Waals surface area contributed by atoms with Gasteiger partial charge in [-0.2, -0.15) is 0 Å². The topological polar surface area (TPSA) is 50.9 Å². The predicted molar refractivity (Wildman–Crippen MR) is 262 cm³/mol. The van der Waals surface area contributed by atoms with Gasteiger partial charge in [-0.3, -0.25) is 9.55 Å². The fraction of sp³-hybridized carbons (Fsp3) is 0.276. The molecule has 1 N–H and O–H groups in total. The van der Waals surface area contributed by atoms with E-state index in [0.717, 1.165) is 89.2 Å². The second kappa shape index (κ2) is 18.3. The molecule has 0 saturated heterocycles. The van der Waals surface area contributed by atoms with Gasteiger partial charge in [0.1, 0.15) is 11.6 Å².